The Labute approximate surface area is 112 Å². The van der Waals surface area contributed by atoms with Crippen molar-refractivity contribution in [3.8, 4) is 0 Å². The summed E-state index contributed by atoms with van der Waals surface area (Å²) in [6.45, 7) is 5.20. The molecule has 2 atom stereocenters. The van der Waals surface area contributed by atoms with E-state index < -0.39 is 5.97 Å². The van der Waals surface area contributed by atoms with Crippen LogP contribution < -0.4 is 0 Å². The molecule has 2 aromatic rings. The number of rotatable bonds is 4. The molecule has 4 nitrogen and oxygen atoms in total. The van der Waals surface area contributed by atoms with Crippen LogP contribution in [0.2, 0.25) is 0 Å². The second-order valence-electron chi connectivity index (χ2n) is 5.44. The summed E-state index contributed by atoms with van der Waals surface area (Å²) >= 11 is 0. The molecular formula is C15H18N2O2. The van der Waals surface area contributed by atoms with Gasteiger partial charge >= 0.3 is 5.97 Å². The van der Waals surface area contributed by atoms with Gasteiger partial charge in [0.15, 0.2) is 0 Å². The Bertz CT molecular complexity index is 645. The lowest BCUT2D eigenvalue weighted by Gasteiger charge is -2.09. The summed E-state index contributed by atoms with van der Waals surface area (Å²) in [5, 5.41) is 9.35. The Morgan fingerprint density at radius 3 is 2.84 bits per heavy atom. The van der Waals surface area contributed by atoms with Crippen molar-refractivity contribution in [3.63, 3.8) is 0 Å². The molecule has 0 spiro atoms. The first kappa shape index (κ1) is 12.2. The van der Waals surface area contributed by atoms with Crippen LogP contribution in [-0.4, -0.2) is 20.6 Å². The Morgan fingerprint density at radius 2 is 2.26 bits per heavy atom. The molecule has 1 heterocycles. The molecule has 2 unspecified atom stereocenters. The van der Waals surface area contributed by atoms with Gasteiger partial charge in [0.25, 0.3) is 0 Å². The quantitative estimate of drug-likeness (QED) is 0.917. The van der Waals surface area contributed by atoms with Crippen molar-refractivity contribution in [1.29, 1.82) is 0 Å². The third-order valence-electron chi connectivity index (χ3n) is 4.09. The third kappa shape index (κ3) is 2.01. The maximum absolute atomic E-state index is 11.4. The van der Waals surface area contributed by atoms with Gasteiger partial charge < -0.3 is 9.67 Å². The highest BCUT2D eigenvalue weighted by atomic mass is 16.4. The van der Waals surface area contributed by atoms with Gasteiger partial charge in [0.05, 0.1) is 16.6 Å². The normalized spacial score (nSPS) is 21.8. The van der Waals surface area contributed by atoms with Crippen LogP contribution in [-0.2, 0) is 13.0 Å². The monoisotopic (exact) mass is 258 g/mol. The molecule has 3 rings (SSSR count). The largest absolute Gasteiger partial charge is 0.478 e. The molecule has 1 aliphatic carbocycles. The van der Waals surface area contributed by atoms with E-state index in [1.807, 2.05) is 6.07 Å². The molecule has 100 valence electrons. The van der Waals surface area contributed by atoms with Gasteiger partial charge in [-0.05, 0) is 30.4 Å². The maximum atomic E-state index is 11.4. The molecule has 19 heavy (non-hydrogen) atoms. The number of aryl methyl sites for hydroxylation is 1. The van der Waals surface area contributed by atoms with Crippen molar-refractivity contribution in [1.82, 2.24) is 9.55 Å². The fraction of sp³-hybridized carbons (Fsp3) is 0.467. The number of imidazole rings is 1. The van der Waals surface area contributed by atoms with Crippen molar-refractivity contribution in [2.24, 2.45) is 11.8 Å². The summed E-state index contributed by atoms with van der Waals surface area (Å²) in [6, 6.07) is 5.33. The Kier molecular flexibility index (Phi) is 2.81. The standard InChI is InChI=1S/C15H18N2O2/c1-3-13-16-12-6-4-5-11(15(18)19)14(12)17(13)8-10-7-9(10)2/h4-6,9-10H,3,7-8H2,1-2H3,(H,18,19). The zero-order chi connectivity index (χ0) is 13.6. The van der Waals surface area contributed by atoms with Crippen LogP contribution in [0, 0.1) is 11.8 Å². The highest BCUT2D eigenvalue weighted by Gasteiger charge is 2.33. The summed E-state index contributed by atoms with van der Waals surface area (Å²) < 4.78 is 2.12. The maximum Gasteiger partial charge on any atom is 0.337 e. The summed E-state index contributed by atoms with van der Waals surface area (Å²) in [6.07, 6.45) is 2.06. The third-order valence-corrected chi connectivity index (χ3v) is 4.09. The average Bonchev–Trinajstić information content (AvgIpc) is 2.96. The van der Waals surface area contributed by atoms with Crippen LogP contribution in [0.25, 0.3) is 11.0 Å². The topological polar surface area (TPSA) is 55.1 Å². The van der Waals surface area contributed by atoms with Gasteiger partial charge in [-0.25, -0.2) is 9.78 Å². The minimum absolute atomic E-state index is 0.359. The Morgan fingerprint density at radius 1 is 1.53 bits per heavy atom. The fourth-order valence-corrected chi connectivity index (χ4v) is 2.76. The van der Waals surface area contributed by atoms with E-state index in [0.717, 1.165) is 35.7 Å². The van der Waals surface area contributed by atoms with Crippen LogP contribution in [0.3, 0.4) is 0 Å². The predicted molar refractivity (Wildman–Crippen MR) is 73.3 cm³/mol. The minimum Gasteiger partial charge on any atom is -0.478 e. The second kappa shape index (κ2) is 4.37. The Balaban J connectivity index is 2.17. The number of fused-ring (bicyclic) bond motifs is 1. The molecule has 0 aliphatic heterocycles. The lowest BCUT2D eigenvalue weighted by Crippen LogP contribution is -2.08. The fourth-order valence-electron chi connectivity index (χ4n) is 2.76. The van der Waals surface area contributed by atoms with Crippen molar-refractivity contribution in [3.05, 3.63) is 29.6 Å². The average molecular weight is 258 g/mol. The van der Waals surface area contributed by atoms with Crippen LogP contribution in [0.1, 0.15) is 36.5 Å². The number of para-hydroxylation sites is 1. The number of carboxylic acid groups (broad SMARTS) is 1. The van der Waals surface area contributed by atoms with Gasteiger partial charge in [-0.2, -0.15) is 0 Å². The Hall–Kier alpha value is -1.84. The van der Waals surface area contributed by atoms with Crippen molar-refractivity contribution in [2.75, 3.05) is 0 Å². The molecule has 1 saturated carbocycles. The molecule has 1 aliphatic rings. The first-order chi connectivity index (χ1) is 9.11. The highest BCUT2D eigenvalue weighted by molar-refractivity contribution is 6.01. The summed E-state index contributed by atoms with van der Waals surface area (Å²) in [7, 11) is 0. The molecule has 0 radical (unpaired) electrons. The van der Waals surface area contributed by atoms with Crippen LogP contribution in [0.5, 0.6) is 0 Å². The molecule has 1 N–H and O–H groups in total. The number of aromatic nitrogens is 2. The number of aromatic carboxylic acids is 1. The van der Waals surface area contributed by atoms with Crippen LogP contribution in [0.4, 0.5) is 0 Å². The molecule has 1 fully saturated rings. The molecular weight excluding hydrogens is 240 g/mol. The van der Waals surface area contributed by atoms with Crippen molar-refractivity contribution >= 4 is 17.0 Å². The molecule has 1 aromatic carbocycles. The van der Waals surface area contributed by atoms with E-state index in [1.54, 1.807) is 12.1 Å². The molecule has 0 bridgehead atoms. The first-order valence-corrected chi connectivity index (χ1v) is 6.83. The zero-order valence-electron chi connectivity index (χ0n) is 11.3. The SMILES string of the molecule is CCc1nc2cccc(C(=O)O)c2n1CC1CC1C. The molecule has 4 heteroatoms. The molecule has 1 aromatic heterocycles. The molecule has 0 saturated heterocycles. The van der Waals surface area contributed by atoms with Crippen molar-refractivity contribution < 1.29 is 9.90 Å². The predicted octanol–water partition coefficient (Wildman–Crippen LogP) is 2.95. The van der Waals surface area contributed by atoms with Crippen LogP contribution in [0.15, 0.2) is 18.2 Å². The van der Waals surface area contributed by atoms with E-state index in [4.69, 9.17) is 0 Å². The van der Waals surface area contributed by atoms with Gasteiger partial charge in [0.2, 0.25) is 0 Å². The van der Waals surface area contributed by atoms with Gasteiger partial charge in [-0.15, -0.1) is 0 Å². The number of carboxylic acids is 1. The molecule has 0 amide bonds. The van der Waals surface area contributed by atoms with Gasteiger partial charge in [-0.1, -0.05) is 19.9 Å². The smallest absolute Gasteiger partial charge is 0.337 e. The lowest BCUT2D eigenvalue weighted by atomic mass is 10.2. The van der Waals surface area contributed by atoms with E-state index in [9.17, 15) is 9.90 Å². The van der Waals surface area contributed by atoms with E-state index in [1.165, 1.54) is 6.42 Å². The number of benzene rings is 1. The summed E-state index contributed by atoms with van der Waals surface area (Å²) in [5.74, 6) is 1.53. The zero-order valence-corrected chi connectivity index (χ0v) is 11.3. The van der Waals surface area contributed by atoms with Gasteiger partial charge in [-0.3, -0.25) is 0 Å². The number of nitrogens with zero attached hydrogens (tertiary/aromatic N) is 2. The minimum atomic E-state index is -0.877. The number of carbonyl (C=O) groups is 1. The summed E-state index contributed by atoms with van der Waals surface area (Å²) in [5.41, 5.74) is 1.94. The van der Waals surface area contributed by atoms with Gasteiger partial charge in [0, 0.05) is 13.0 Å². The van der Waals surface area contributed by atoms with Gasteiger partial charge in [0.1, 0.15) is 5.82 Å². The number of hydrogen-bond acceptors (Lipinski definition) is 2. The van der Waals surface area contributed by atoms with Crippen LogP contribution >= 0.6 is 0 Å². The van der Waals surface area contributed by atoms with E-state index in [-0.39, 0.29) is 0 Å². The second-order valence-corrected chi connectivity index (χ2v) is 5.44. The highest BCUT2D eigenvalue weighted by Crippen LogP contribution is 2.40. The van der Waals surface area contributed by atoms with E-state index in [0.29, 0.717) is 11.5 Å². The van der Waals surface area contributed by atoms with E-state index >= 15 is 0 Å². The first-order valence-electron chi connectivity index (χ1n) is 6.83. The summed E-state index contributed by atoms with van der Waals surface area (Å²) in [4.78, 5) is 16.0. The van der Waals surface area contributed by atoms with E-state index in [2.05, 4.69) is 23.4 Å². The number of hydrogen-bond donors (Lipinski definition) is 1. The lowest BCUT2D eigenvalue weighted by molar-refractivity contribution is 0.0698. The van der Waals surface area contributed by atoms with Crippen molar-refractivity contribution in [2.45, 2.75) is 33.2 Å².